The second-order valence-corrected chi connectivity index (χ2v) is 8.44. The Hall–Kier alpha value is -2.88. The predicted octanol–water partition coefficient (Wildman–Crippen LogP) is 5.94. The summed E-state index contributed by atoms with van der Waals surface area (Å²) in [6.45, 7) is 0. The number of fused-ring (bicyclic) bond motifs is 1. The molecule has 0 saturated heterocycles. The van der Waals surface area contributed by atoms with Crippen LogP contribution in [0.15, 0.2) is 48.7 Å². The minimum absolute atomic E-state index is 0.168. The molecule has 2 aromatic carbocycles. The highest BCUT2D eigenvalue weighted by Crippen LogP contribution is 2.38. The van der Waals surface area contributed by atoms with E-state index in [0.717, 1.165) is 59.0 Å². The zero-order valence-corrected chi connectivity index (χ0v) is 16.5. The molecule has 4 heteroatoms. The second-order valence-electron chi connectivity index (χ2n) is 8.44. The molecule has 0 radical (unpaired) electrons. The van der Waals surface area contributed by atoms with Crippen molar-refractivity contribution >= 4 is 22.4 Å². The highest BCUT2D eigenvalue weighted by Gasteiger charge is 2.33. The van der Waals surface area contributed by atoms with Gasteiger partial charge in [0.1, 0.15) is 5.75 Å². The Morgan fingerprint density at radius 1 is 0.931 bits per heavy atom. The minimum Gasteiger partial charge on any atom is -0.508 e. The van der Waals surface area contributed by atoms with E-state index in [2.05, 4.69) is 22.4 Å². The van der Waals surface area contributed by atoms with Gasteiger partial charge in [0.2, 0.25) is 0 Å². The van der Waals surface area contributed by atoms with Crippen LogP contribution in [0.3, 0.4) is 0 Å². The standard InChI is InChI=1S/C25H26N2O2/c28-20-11-8-16(9-12-20)18-10-13-23-21(14-18)24(27-19-4-2-1-3-5-19)22(15-26-23)25(29)17-6-7-17/h8-15,17,19,28H,1-7H2,(H,26,27). The number of carbonyl (C=O) groups excluding carboxylic acids is 1. The van der Waals surface area contributed by atoms with E-state index in [1.54, 1.807) is 18.3 Å². The van der Waals surface area contributed by atoms with Gasteiger partial charge in [0.15, 0.2) is 5.78 Å². The maximum atomic E-state index is 13.0. The van der Waals surface area contributed by atoms with Gasteiger partial charge in [0.25, 0.3) is 0 Å². The fraction of sp³-hybridized carbons (Fsp3) is 0.360. The molecular formula is C25H26N2O2. The van der Waals surface area contributed by atoms with Crippen molar-refractivity contribution in [2.75, 3.05) is 5.32 Å². The molecule has 2 aliphatic carbocycles. The average molecular weight is 386 g/mol. The molecule has 0 aliphatic heterocycles. The zero-order chi connectivity index (χ0) is 19.8. The molecule has 0 amide bonds. The molecule has 0 bridgehead atoms. The van der Waals surface area contributed by atoms with Gasteiger partial charge < -0.3 is 10.4 Å². The first-order valence-corrected chi connectivity index (χ1v) is 10.7. The summed E-state index contributed by atoms with van der Waals surface area (Å²) in [4.78, 5) is 17.6. The molecule has 3 aromatic rings. The average Bonchev–Trinajstić information content (AvgIpc) is 3.60. The van der Waals surface area contributed by atoms with E-state index in [0.29, 0.717) is 6.04 Å². The maximum absolute atomic E-state index is 13.0. The lowest BCUT2D eigenvalue weighted by molar-refractivity contribution is 0.0968. The Balaban J connectivity index is 1.62. The quantitative estimate of drug-likeness (QED) is 0.532. The number of nitrogens with one attached hydrogen (secondary N) is 1. The molecule has 148 valence electrons. The van der Waals surface area contributed by atoms with Gasteiger partial charge in [-0.25, -0.2) is 0 Å². The first kappa shape index (κ1) is 18.2. The molecule has 2 fully saturated rings. The van der Waals surface area contributed by atoms with Gasteiger partial charge >= 0.3 is 0 Å². The van der Waals surface area contributed by atoms with Crippen molar-refractivity contribution in [1.29, 1.82) is 0 Å². The van der Waals surface area contributed by atoms with Crippen LogP contribution in [0.5, 0.6) is 5.75 Å². The lowest BCUT2D eigenvalue weighted by Crippen LogP contribution is -2.24. The molecule has 4 nitrogen and oxygen atoms in total. The Bertz CT molecular complexity index is 1050. The highest BCUT2D eigenvalue weighted by molar-refractivity contribution is 6.10. The number of ketones is 1. The van der Waals surface area contributed by atoms with Crippen molar-refractivity contribution in [2.45, 2.75) is 51.0 Å². The Kier molecular flexibility index (Phi) is 4.70. The topological polar surface area (TPSA) is 62.2 Å². The van der Waals surface area contributed by atoms with Crippen LogP contribution in [0.1, 0.15) is 55.3 Å². The monoisotopic (exact) mass is 386 g/mol. The van der Waals surface area contributed by atoms with Crippen molar-refractivity contribution in [2.24, 2.45) is 5.92 Å². The number of carbonyl (C=O) groups is 1. The van der Waals surface area contributed by atoms with Crippen LogP contribution in [-0.2, 0) is 0 Å². The van der Waals surface area contributed by atoms with Gasteiger partial charge in [-0.1, -0.05) is 37.5 Å². The van der Waals surface area contributed by atoms with Crippen LogP contribution in [-0.4, -0.2) is 21.9 Å². The molecule has 2 saturated carbocycles. The number of phenolic OH excluding ortho intramolecular Hbond substituents is 1. The Morgan fingerprint density at radius 2 is 1.66 bits per heavy atom. The number of benzene rings is 2. The number of aromatic nitrogens is 1. The predicted molar refractivity (Wildman–Crippen MR) is 116 cm³/mol. The molecule has 0 atom stereocenters. The number of anilines is 1. The number of rotatable bonds is 5. The van der Waals surface area contributed by atoms with E-state index in [9.17, 15) is 9.90 Å². The summed E-state index contributed by atoms with van der Waals surface area (Å²) in [6.07, 6.45) is 9.84. The van der Waals surface area contributed by atoms with Gasteiger partial charge in [0, 0.05) is 23.5 Å². The zero-order valence-electron chi connectivity index (χ0n) is 16.5. The van der Waals surface area contributed by atoms with Crippen LogP contribution >= 0.6 is 0 Å². The van der Waals surface area contributed by atoms with Crippen LogP contribution in [0.2, 0.25) is 0 Å². The molecule has 1 aromatic heterocycles. The smallest absolute Gasteiger partial charge is 0.169 e. The van der Waals surface area contributed by atoms with E-state index in [1.165, 1.54) is 19.3 Å². The molecule has 29 heavy (non-hydrogen) atoms. The SMILES string of the molecule is O=C(c1cnc2ccc(-c3ccc(O)cc3)cc2c1NC1CCCCC1)C1CC1. The molecule has 2 aliphatic rings. The van der Waals surface area contributed by atoms with E-state index in [-0.39, 0.29) is 17.5 Å². The summed E-state index contributed by atoms with van der Waals surface area (Å²) >= 11 is 0. The van der Waals surface area contributed by atoms with Crippen molar-refractivity contribution in [3.05, 3.63) is 54.2 Å². The number of phenols is 1. The molecule has 1 heterocycles. The van der Waals surface area contributed by atoms with Crippen LogP contribution in [0.25, 0.3) is 22.0 Å². The first-order chi connectivity index (χ1) is 14.2. The van der Waals surface area contributed by atoms with E-state index in [4.69, 9.17) is 0 Å². The maximum Gasteiger partial charge on any atom is 0.169 e. The van der Waals surface area contributed by atoms with Crippen LogP contribution in [0, 0.1) is 5.92 Å². The van der Waals surface area contributed by atoms with Gasteiger partial charge in [-0.3, -0.25) is 9.78 Å². The Labute approximate surface area is 171 Å². The van der Waals surface area contributed by atoms with Crippen LogP contribution in [0.4, 0.5) is 5.69 Å². The fourth-order valence-electron chi connectivity index (χ4n) is 4.38. The third-order valence-electron chi connectivity index (χ3n) is 6.24. The fourth-order valence-corrected chi connectivity index (χ4v) is 4.38. The van der Waals surface area contributed by atoms with Crippen molar-refractivity contribution in [1.82, 2.24) is 4.98 Å². The largest absolute Gasteiger partial charge is 0.508 e. The van der Waals surface area contributed by atoms with E-state index in [1.807, 2.05) is 18.2 Å². The lowest BCUT2D eigenvalue weighted by atomic mass is 9.93. The summed E-state index contributed by atoms with van der Waals surface area (Å²) in [5.74, 6) is 0.655. The van der Waals surface area contributed by atoms with Crippen molar-refractivity contribution in [3.8, 4) is 16.9 Å². The van der Waals surface area contributed by atoms with Crippen molar-refractivity contribution < 1.29 is 9.90 Å². The van der Waals surface area contributed by atoms with Gasteiger partial charge in [0.05, 0.1) is 16.8 Å². The number of aromatic hydroxyl groups is 1. The molecule has 2 N–H and O–H groups in total. The third-order valence-corrected chi connectivity index (χ3v) is 6.24. The molecule has 0 unspecified atom stereocenters. The summed E-state index contributed by atoms with van der Waals surface area (Å²) in [6, 6.07) is 13.8. The summed E-state index contributed by atoms with van der Waals surface area (Å²) in [5, 5.41) is 14.3. The first-order valence-electron chi connectivity index (χ1n) is 10.7. The Morgan fingerprint density at radius 3 is 2.38 bits per heavy atom. The van der Waals surface area contributed by atoms with E-state index < -0.39 is 0 Å². The summed E-state index contributed by atoms with van der Waals surface area (Å²) in [7, 11) is 0. The van der Waals surface area contributed by atoms with Gasteiger partial charge in [-0.05, 0) is 61.1 Å². The molecule has 0 spiro atoms. The van der Waals surface area contributed by atoms with Gasteiger partial charge in [-0.15, -0.1) is 0 Å². The summed E-state index contributed by atoms with van der Waals surface area (Å²) in [5.41, 5.74) is 4.69. The minimum atomic E-state index is 0.168. The number of pyridine rings is 1. The summed E-state index contributed by atoms with van der Waals surface area (Å²) < 4.78 is 0. The van der Waals surface area contributed by atoms with Gasteiger partial charge in [-0.2, -0.15) is 0 Å². The normalized spacial score (nSPS) is 17.4. The highest BCUT2D eigenvalue weighted by atomic mass is 16.3. The molecule has 5 rings (SSSR count). The lowest BCUT2D eigenvalue weighted by Gasteiger charge is -2.26. The number of hydrogen-bond acceptors (Lipinski definition) is 4. The van der Waals surface area contributed by atoms with Crippen molar-refractivity contribution in [3.63, 3.8) is 0 Å². The number of Topliss-reactive ketones (excluding diaryl/α,β-unsaturated/α-hetero) is 1. The number of hydrogen-bond donors (Lipinski definition) is 2. The second kappa shape index (κ2) is 7.51. The third kappa shape index (κ3) is 3.71. The molecular weight excluding hydrogens is 360 g/mol. The van der Waals surface area contributed by atoms with Crippen LogP contribution < -0.4 is 5.32 Å². The van der Waals surface area contributed by atoms with E-state index >= 15 is 0 Å². The number of nitrogens with zero attached hydrogens (tertiary/aromatic N) is 1.